The molecule has 0 bridgehead atoms. The van der Waals surface area contributed by atoms with Crippen molar-refractivity contribution in [2.75, 3.05) is 4.72 Å². The van der Waals surface area contributed by atoms with Gasteiger partial charge in [-0.3, -0.25) is 4.72 Å². The van der Waals surface area contributed by atoms with Gasteiger partial charge in [-0.25, -0.2) is 8.42 Å². The Hall–Kier alpha value is -1.20. The highest BCUT2D eigenvalue weighted by atomic mass is 35.5. The zero-order valence-corrected chi connectivity index (χ0v) is 12.1. The van der Waals surface area contributed by atoms with Crippen LogP contribution in [-0.2, 0) is 16.4 Å². The highest BCUT2D eigenvalue weighted by Gasteiger charge is 2.32. The van der Waals surface area contributed by atoms with Gasteiger partial charge in [0.1, 0.15) is 0 Å². The Labute approximate surface area is 117 Å². The van der Waals surface area contributed by atoms with Gasteiger partial charge in [0, 0.05) is 11.6 Å². The van der Waals surface area contributed by atoms with Gasteiger partial charge in [0.25, 0.3) is 0 Å². The SMILES string of the molecule is CCCC1Cc2ccc3c(Cl)c[nH]c3c2NS1(=O)=O. The molecule has 1 atom stereocenters. The van der Waals surface area contributed by atoms with E-state index >= 15 is 0 Å². The van der Waals surface area contributed by atoms with Gasteiger partial charge in [0.05, 0.1) is 21.5 Å². The molecular weight excluding hydrogens is 284 g/mol. The number of halogens is 1. The molecule has 1 aromatic carbocycles. The van der Waals surface area contributed by atoms with Gasteiger partial charge in [-0.1, -0.05) is 37.1 Å². The number of hydrogen-bond donors (Lipinski definition) is 2. The summed E-state index contributed by atoms with van der Waals surface area (Å²) in [7, 11) is -3.29. The predicted molar refractivity (Wildman–Crippen MR) is 78.3 cm³/mol. The number of H-pyrrole nitrogens is 1. The van der Waals surface area contributed by atoms with Crippen LogP contribution in [0.25, 0.3) is 10.9 Å². The van der Waals surface area contributed by atoms with E-state index in [1.807, 2.05) is 19.1 Å². The third-order valence-electron chi connectivity index (χ3n) is 3.63. The molecule has 19 heavy (non-hydrogen) atoms. The minimum absolute atomic E-state index is 0.340. The maximum atomic E-state index is 12.2. The van der Waals surface area contributed by atoms with Crippen LogP contribution in [0.5, 0.6) is 0 Å². The van der Waals surface area contributed by atoms with Crippen molar-refractivity contribution in [3.8, 4) is 0 Å². The van der Waals surface area contributed by atoms with Crippen LogP contribution in [0.4, 0.5) is 5.69 Å². The Morgan fingerprint density at radius 3 is 2.95 bits per heavy atom. The molecule has 3 rings (SSSR count). The van der Waals surface area contributed by atoms with E-state index in [4.69, 9.17) is 11.6 Å². The predicted octanol–water partition coefficient (Wildman–Crippen LogP) is 3.29. The van der Waals surface area contributed by atoms with Crippen molar-refractivity contribution in [2.24, 2.45) is 0 Å². The molecule has 0 fully saturated rings. The van der Waals surface area contributed by atoms with Gasteiger partial charge >= 0.3 is 0 Å². The summed E-state index contributed by atoms with van der Waals surface area (Å²) in [5.74, 6) is 0. The fraction of sp³-hybridized carbons (Fsp3) is 0.385. The molecule has 2 N–H and O–H groups in total. The second kappa shape index (κ2) is 4.42. The van der Waals surface area contributed by atoms with Crippen LogP contribution < -0.4 is 4.72 Å². The summed E-state index contributed by atoms with van der Waals surface area (Å²) in [6.07, 6.45) is 3.78. The number of hydrogen-bond acceptors (Lipinski definition) is 2. The average Bonchev–Trinajstić information content (AvgIpc) is 2.73. The summed E-state index contributed by atoms with van der Waals surface area (Å²) >= 11 is 6.06. The fourth-order valence-electron chi connectivity index (χ4n) is 2.65. The topological polar surface area (TPSA) is 62.0 Å². The third kappa shape index (κ3) is 2.01. The van der Waals surface area contributed by atoms with Gasteiger partial charge in [0.2, 0.25) is 10.0 Å². The van der Waals surface area contributed by atoms with Gasteiger partial charge in [0.15, 0.2) is 0 Å². The van der Waals surface area contributed by atoms with Crippen LogP contribution in [0.2, 0.25) is 5.02 Å². The molecule has 1 aliphatic rings. The van der Waals surface area contributed by atoms with Crippen LogP contribution in [-0.4, -0.2) is 18.7 Å². The Kier molecular flexibility index (Phi) is 2.98. The fourth-order valence-corrected chi connectivity index (χ4v) is 4.50. The molecular formula is C13H15ClN2O2S. The lowest BCUT2D eigenvalue weighted by atomic mass is 10.0. The number of nitrogens with one attached hydrogen (secondary N) is 2. The molecule has 4 nitrogen and oxygen atoms in total. The van der Waals surface area contributed by atoms with Crippen LogP contribution in [0.1, 0.15) is 25.3 Å². The van der Waals surface area contributed by atoms with Gasteiger partial charge < -0.3 is 4.98 Å². The van der Waals surface area contributed by atoms with Crippen LogP contribution in [0.15, 0.2) is 18.3 Å². The molecule has 102 valence electrons. The number of aromatic amines is 1. The normalized spacial score (nSPS) is 21.1. The molecule has 1 aromatic heterocycles. The van der Waals surface area contributed by atoms with Crippen molar-refractivity contribution < 1.29 is 8.42 Å². The first-order chi connectivity index (χ1) is 9.03. The second-order valence-corrected chi connectivity index (χ2v) is 7.29. The molecule has 2 heterocycles. The summed E-state index contributed by atoms with van der Waals surface area (Å²) < 4.78 is 27.2. The van der Waals surface area contributed by atoms with Crippen molar-refractivity contribution >= 4 is 38.2 Å². The van der Waals surface area contributed by atoms with E-state index in [1.54, 1.807) is 6.20 Å². The average molecular weight is 299 g/mol. The van der Waals surface area contributed by atoms with Crippen LogP contribution in [0, 0.1) is 0 Å². The first-order valence-corrected chi connectivity index (χ1v) is 8.25. The Morgan fingerprint density at radius 2 is 2.21 bits per heavy atom. The summed E-state index contributed by atoms with van der Waals surface area (Å²) in [5.41, 5.74) is 2.44. The third-order valence-corrected chi connectivity index (χ3v) is 5.71. The lowest BCUT2D eigenvalue weighted by Crippen LogP contribution is -2.34. The minimum atomic E-state index is -3.29. The molecule has 0 spiro atoms. The maximum Gasteiger partial charge on any atom is 0.236 e. The first kappa shape index (κ1) is 12.8. The molecule has 0 saturated heterocycles. The molecule has 0 saturated carbocycles. The smallest absolute Gasteiger partial charge is 0.236 e. The molecule has 6 heteroatoms. The van der Waals surface area contributed by atoms with Crippen molar-refractivity contribution in [3.05, 3.63) is 28.9 Å². The maximum absolute atomic E-state index is 12.2. The number of rotatable bonds is 2. The first-order valence-electron chi connectivity index (χ1n) is 6.33. The lowest BCUT2D eigenvalue weighted by Gasteiger charge is -2.26. The molecule has 0 radical (unpaired) electrons. The van der Waals surface area contributed by atoms with E-state index in [0.29, 0.717) is 23.6 Å². The second-order valence-electron chi connectivity index (χ2n) is 4.92. The molecule has 0 amide bonds. The quantitative estimate of drug-likeness (QED) is 0.893. The minimum Gasteiger partial charge on any atom is -0.358 e. The highest BCUT2D eigenvalue weighted by molar-refractivity contribution is 7.93. The van der Waals surface area contributed by atoms with Gasteiger partial charge in [-0.05, 0) is 18.4 Å². The molecule has 1 unspecified atom stereocenters. The van der Waals surface area contributed by atoms with E-state index in [0.717, 1.165) is 22.9 Å². The molecule has 2 aromatic rings. The van der Waals surface area contributed by atoms with E-state index in [2.05, 4.69) is 9.71 Å². The van der Waals surface area contributed by atoms with Gasteiger partial charge in [-0.15, -0.1) is 0 Å². The van der Waals surface area contributed by atoms with Crippen molar-refractivity contribution in [3.63, 3.8) is 0 Å². The summed E-state index contributed by atoms with van der Waals surface area (Å²) in [4.78, 5) is 3.04. The number of benzene rings is 1. The monoisotopic (exact) mass is 298 g/mol. The highest BCUT2D eigenvalue weighted by Crippen LogP contribution is 2.36. The van der Waals surface area contributed by atoms with E-state index < -0.39 is 10.0 Å². The van der Waals surface area contributed by atoms with Crippen molar-refractivity contribution in [1.82, 2.24) is 4.98 Å². The number of sulfonamides is 1. The lowest BCUT2D eigenvalue weighted by molar-refractivity contribution is 0.569. The van der Waals surface area contributed by atoms with Crippen molar-refractivity contribution in [2.45, 2.75) is 31.4 Å². The van der Waals surface area contributed by atoms with Crippen LogP contribution in [0.3, 0.4) is 0 Å². The molecule has 1 aliphatic heterocycles. The standard InChI is InChI=1S/C13H15ClN2O2S/c1-2-3-9-6-8-4-5-10-11(14)7-15-13(10)12(8)16-19(9,17)18/h4-5,7,9,15-16H,2-3,6H2,1H3. The van der Waals surface area contributed by atoms with Crippen LogP contribution >= 0.6 is 11.6 Å². The van der Waals surface area contributed by atoms with Gasteiger partial charge in [-0.2, -0.15) is 0 Å². The Morgan fingerprint density at radius 1 is 1.42 bits per heavy atom. The Bertz CT molecular complexity index is 736. The Balaban J connectivity index is 2.16. The number of fused-ring (bicyclic) bond motifs is 3. The summed E-state index contributed by atoms with van der Waals surface area (Å²) in [6, 6.07) is 3.90. The largest absolute Gasteiger partial charge is 0.358 e. The number of anilines is 1. The van der Waals surface area contributed by atoms with E-state index in [9.17, 15) is 8.42 Å². The van der Waals surface area contributed by atoms with E-state index in [1.165, 1.54) is 0 Å². The summed E-state index contributed by atoms with van der Waals surface area (Å²) in [5, 5.41) is 1.11. The van der Waals surface area contributed by atoms with E-state index in [-0.39, 0.29) is 5.25 Å². The zero-order chi connectivity index (χ0) is 13.6. The molecule has 0 aliphatic carbocycles. The summed E-state index contributed by atoms with van der Waals surface area (Å²) in [6.45, 7) is 2.00. The number of aromatic nitrogens is 1. The van der Waals surface area contributed by atoms with Crippen molar-refractivity contribution in [1.29, 1.82) is 0 Å². The zero-order valence-electron chi connectivity index (χ0n) is 10.5.